The first kappa shape index (κ1) is 126. The van der Waals surface area contributed by atoms with Crippen molar-refractivity contribution < 1.29 is 197 Å². The van der Waals surface area contributed by atoms with Crippen molar-refractivity contribution in [2.24, 2.45) is 20.0 Å². The first-order valence-corrected chi connectivity index (χ1v) is 28.2. The molecule has 0 atom stereocenters. The summed E-state index contributed by atoms with van der Waals surface area (Å²) in [6.07, 6.45) is 6.17. The fourth-order valence-corrected chi connectivity index (χ4v) is 8.32. The van der Waals surface area contributed by atoms with Crippen molar-refractivity contribution in [1.82, 2.24) is 19.6 Å². The van der Waals surface area contributed by atoms with Crippen molar-refractivity contribution >= 4 is 42.8 Å². The first-order chi connectivity index (χ1) is 44.7. The van der Waals surface area contributed by atoms with Crippen LogP contribution >= 0.6 is 0 Å². The molecular weight excluding hydrogens is 1630 g/mol. The Morgan fingerprint density at radius 1 is 0.423 bits per heavy atom. The predicted octanol–water partition coefficient (Wildman–Crippen LogP) is -1.91. The molecule has 10 N–H and O–H groups in total. The van der Waals surface area contributed by atoms with Gasteiger partial charge in [-0.1, -0.05) is 146 Å². The smallest absolute Gasteiger partial charge is 0.872 e. The molecule has 0 unspecified atom stereocenters. The van der Waals surface area contributed by atoms with Gasteiger partial charge in [-0.25, -0.2) is 0 Å². The summed E-state index contributed by atoms with van der Waals surface area (Å²) in [6, 6.07) is 45.0. The topological polar surface area (TPSA) is 622 Å². The molecule has 0 bridgehead atoms. The molecule has 32 nitrogen and oxygen atoms in total. The standard InChI is InChI=1S/2C27H30N4O3.2C2H3N.3C2H4O2.2CH4O.N3.6Ni.5H2O/c2*32-24-10-4-1-7-21(24)19-28-13-15-30-17-18-31(27(30)23-9-3-6-12-26(23)34)16-14-29-20-22-8-2-5-11-25(22)33;2*1-2-3;3*1-2(3)4;2*1-2;1-3-2;;;;;;;;;;;/h2*1-12,19-20,27,32-34H,13-18H2;2*1H3;3*1H3,(H,3,4);2*2H,1H3;;;;;;;;5*1H2/q;;;;;;;;;-1;2*+2;4*+3;;;;;/p-11. The average molecular weight is 1720 g/mol. The van der Waals surface area contributed by atoms with E-state index in [1.807, 2.05) is 48.5 Å². The van der Waals surface area contributed by atoms with E-state index in [-0.39, 0.29) is 173 Å². The number of para-hydroxylation sites is 6. The van der Waals surface area contributed by atoms with Crippen molar-refractivity contribution in [1.29, 1.82) is 10.5 Å². The molecule has 0 aromatic heterocycles. The number of aliphatic hydroxyl groups excluding tert-OH is 2. The average Bonchev–Trinajstić information content (AvgIpc) is 1.59. The van der Waals surface area contributed by atoms with Gasteiger partial charge in [0, 0.05) is 123 Å². The van der Waals surface area contributed by atoms with E-state index >= 15 is 0 Å². The van der Waals surface area contributed by atoms with Crippen LogP contribution in [0.25, 0.3) is 16.0 Å². The van der Waals surface area contributed by atoms with Crippen LogP contribution in [0.3, 0.4) is 0 Å². The molecule has 2 aliphatic heterocycles. The van der Waals surface area contributed by atoms with Crippen LogP contribution in [0.4, 0.5) is 0 Å². The van der Waals surface area contributed by atoms with Gasteiger partial charge in [-0.05, 0) is 54.2 Å². The number of carboxylic acids is 3. The summed E-state index contributed by atoms with van der Waals surface area (Å²) in [5, 5.41) is 128. The maximum atomic E-state index is 12.6. The van der Waals surface area contributed by atoms with Gasteiger partial charge in [0.1, 0.15) is 0 Å². The van der Waals surface area contributed by atoms with Gasteiger partial charge in [-0.3, -0.25) is 44.5 Å². The van der Waals surface area contributed by atoms with Gasteiger partial charge in [0.15, 0.2) is 0 Å². The van der Waals surface area contributed by atoms with E-state index in [4.69, 9.17) is 61.5 Å². The van der Waals surface area contributed by atoms with Crippen LogP contribution in [0, 0.1) is 22.7 Å². The van der Waals surface area contributed by atoms with Crippen molar-refractivity contribution in [2.45, 2.75) is 47.0 Å². The normalized spacial score (nSPS) is 12.3. The van der Waals surface area contributed by atoms with Crippen LogP contribution in [0.1, 0.15) is 80.3 Å². The third-order valence-corrected chi connectivity index (χ3v) is 11.8. The minimum absolute atomic E-state index is 0. The Hall–Kier alpha value is -7.98. The number of carboxylic acid groups (broad SMARTS) is 3. The van der Waals surface area contributed by atoms with E-state index in [1.165, 1.54) is 43.0 Å². The number of aliphatic carboxylic acids is 3. The Morgan fingerprint density at radius 2 is 0.567 bits per heavy atom. The summed E-state index contributed by atoms with van der Waals surface area (Å²) < 4.78 is 0. The summed E-state index contributed by atoms with van der Waals surface area (Å²) in [7, 11) is 2.00. The van der Waals surface area contributed by atoms with Gasteiger partial charge in [0.2, 0.25) is 0 Å². The van der Waals surface area contributed by atoms with E-state index in [1.54, 1.807) is 110 Å². The third kappa shape index (κ3) is 56.5. The first-order valence-electron chi connectivity index (χ1n) is 28.2. The van der Waals surface area contributed by atoms with Crippen molar-refractivity contribution in [3.8, 4) is 46.6 Å². The van der Waals surface area contributed by atoms with E-state index in [0.717, 1.165) is 72.3 Å². The Morgan fingerprint density at radius 3 is 0.721 bits per heavy atom. The molecule has 4 radical (unpaired) electrons. The molecule has 6 aromatic carbocycles. The molecule has 0 amide bonds. The monoisotopic (exact) mass is 1710 g/mol. The number of hydrogen-bond acceptors (Lipinski definition) is 26. The third-order valence-electron chi connectivity index (χ3n) is 11.8. The zero-order valence-corrected chi connectivity index (χ0v) is 63.1. The maximum absolute atomic E-state index is 12.6. The zero-order valence-electron chi connectivity index (χ0n) is 57.2. The second-order valence-electron chi connectivity index (χ2n) is 18.3. The predicted molar refractivity (Wildman–Crippen MR) is 353 cm³/mol. The molecule has 2 fully saturated rings. The van der Waals surface area contributed by atoms with Crippen LogP contribution in [0.2, 0.25) is 0 Å². The van der Waals surface area contributed by atoms with Crippen LogP contribution in [0.5, 0.6) is 34.5 Å². The molecular formula is C66H85N13Ni6O19+4. The van der Waals surface area contributed by atoms with Gasteiger partial charge in [-0.15, -0.1) is 34.5 Å². The molecule has 2 saturated heterocycles. The summed E-state index contributed by atoms with van der Waals surface area (Å²) in [5.41, 5.74) is 17.3. The molecule has 0 saturated carbocycles. The zero-order chi connectivity index (χ0) is 70.4. The number of carbonyl (C=O) groups is 3. The molecule has 2 aliphatic rings. The number of aliphatic hydroxyl groups is 2. The van der Waals surface area contributed by atoms with Crippen molar-refractivity contribution in [2.75, 3.05) is 92.8 Å². The molecule has 0 aliphatic carbocycles. The number of aliphatic imine (C=N–C) groups is 4. The number of carbonyl (C=O) groups excluding carboxylic acids is 3. The molecule has 38 heteroatoms. The minimum atomic E-state index is -1.08. The molecule has 104 heavy (non-hydrogen) atoms. The molecule has 584 valence electrons. The van der Waals surface area contributed by atoms with Gasteiger partial charge >= 0.3 is 98.9 Å². The second-order valence-corrected chi connectivity index (χ2v) is 18.3. The Balaban J connectivity index is -0.000000101. The Kier molecular flexibility index (Phi) is 97.6. The van der Waals surface area contributed by atoms with Crippen LogP contribution in [-0.4, -0.2) is 193 Å². The second kappa shape index (κ2) is 80.7. The largest absolute Gasteiger partial charge is 3.00 e. The van der Waals surface area contributed by atoms with E-state index in [9.17, 15) is 30.6 Å². The van der Waals surface area contributed by atoms with Crippen LogP contribution in [-0.2, 0) is 113 Å². The Bertz CT molecular complexity index is 2990. The molecule has 6 aromatic rings. The number of benzene rings is 6. The fraction of sp³-hybridized carbons (Fsp3) is 0.318. The molecule has 2 heterocycles. The number of rotatable bonds is 18. The summed E-state index contributed by atoms with van der Waals surface area (Å²) >= 11 is 0. The summed E-state index contributed by atoms with van der Waals surface area (Å²) in [6.45, 7) is 13.8. The van der Waals surface area contributed by atoms with Crippen molar-refractivity contribution in [3.63, 3.8) is 0 Å². The van der Waals surface area contributed by atoms with Crippen LogP contribution in [0.15, 0.2) is 166 Å². The van der Waals surface area contributed by atoms with E-state index in [0.29, 0.717) is 74.6 Å². The molecule has 8 rings (SSSR count). The Labute approximate surface area is 666 Å². The SMILES string of the molecule is CC#N.CC#N.CC(=O)[O-].CC(=O)[O-].CC(=O)[O-].CO.CO.O.O.O.[N-]=[N+]=[N-].[Ni+2].[Ni+2].[Ni+3].[Ni+3].[Ni+3].[Ni+3].[O-]c1ccccc1C=NCCN1CCN(CCN=Cc2ccccc2[O-])C1c1ccccc1[O-].[O-]c1ccccc1C=NCCN1CCN(CCN=Cc2ccccc2[O-])C1c1ccccc1[O-].[OH-].[OH-]. The number of nitrogens with zero attached hydrogens (tertiary/aromatic N) is 13. The number of hydrogen-bond donors (Lipinski definition) is 2. The van der Waals surface area contributed by atoms with Gasteiger partial charge in [0.05, 0.1) is 50.6 Å². The number of nitriles is 2. The van der Waals surface area contributed by atoms with E-state index < -0.39 is 17.9 Å². The van der Waals surface area contributed by atoms with E-state index in [2.05, 4.69) is 39.6 Å². The minimum Gasteiger partial charge on any atom is -0.872 e. The summed E-state index contributed by atoms with van der Waals surface area (Å²) in [5.74, 6) is -3.41. The van der Waals surface area contributed by atoms with Gasteiger partial charge in [0.25, 0.3) is 0 Å². The fourth-order valence-electron chi connectivity index (χ4n) is 8.32. The summed E-state index contributed by atoms with van der Waals surface area (Å²) in [4.78, 5) is 54.9. The van der Waals surface area contributed by atoms with Gasteiger partial charge in [-0.2, -0.15) is 10.5 Å². The molecule has 0 spiro atoms. The van der Waals surface area contributed by atoms with Gasteiger partial charge < -0.3 is 109 Å². The quantitative estimate of drug-likeness (QED) is 0.0312. The van der Waals surface area contributed by atoms with Crippen LogP contribution < -0.4 is 46.0 Å². The maximum Gasteiger partial charge on any atom is 3.00 e. The van der Waals surface area contributed by atoms with Crippen molar-refractivity contribution in [3.05, 3.63) is 195 Å².